The van der Waals surface area contributed by atoms with Gasteiger partial charge in [-0.1, -0.05) is 41.9 Å². The molecule has 0 saturated carbocycles. The Morgan fingerprint density at radius 1 is 1.04 bits per heavy atom. The number of fused-ring (bicyclic) bond motifs is 1. The van der Waals surface area contributed by atoms with E-state index in [9.17, 15) is 8.78 Å². The van der Waals surface area contributed by atoms with E-state index in [0.717, 1.165) is 5.56 Å². The molecule has 0 N–H and O–H groups in total. The summed E-state index contributed by atoms with van der Waals surface area (Å²) in [7, 11) is 0. The molecular weight excluding hydrogens is 413 g/mol. The lowest BCUT2D eigenvalue weighted by Gasteiger charge is -2.11. The molecule has 0 aliphatic rings. The summed E-state index contributed by atoms with van der Waals surface area (Å²) in [5, 5.41) is -0.922. The molecule has 0 saturated heterocycles. The Hall–Kier alpha value is -1.50. The van der Waals surface area contributed by atoms with Gasteiger partial charge < -0.3 is 4.74 Å². The minimum Gasteiger partial charge on any atom is -0.472 e. The second-order valence-corrected chi connectivity index (χ2v) is 6.06. The van der Waals surface area contributed by atoms with E-state index in [0.29, 0.717) is 0 Å². The molecule has 23 heavy (non-hydrogen) atoms. The number of halogens is 5. The van der Waals surface area contributed by atoms with Gasteiger partial charge in [-0.25, -0.2) is 13.8 Å². The van der Waals surface area contributed by atoms with E-state index >= 15 is 0 Å². The average molecular weight is 420 g/mol. The lowest BCUT2D eigenvalue weighted by Crippen LogP contribution is -2.02. The van der Waals surface area contributed by atoms with E-state index in [-0.39, 0.29) is 33.1 Å². The van der Waals surface area contributed by atoms with Gasteiger partial charge in [0.25, 0.3) is 0 Å². The number of ether oxygens (including phenoxy) is 1. The molecule has 1 aromatic heterocycles. The minimum absolute atomic E-state index is 0.109. The van der Waals surface area contributed by atoms with Crippen LogP contribution in [0.15, 0.2) is 34.8 Å². The third kappa shape index (κ3) is 3.11. The summed E-state index contributed by atoms with van der Waals surface area (Å²) >= 11 is 14.5. The largest absolute Gasteiger partial charge is 0.472 e. The maximum atomic E-state index is 14.4. The summed E-state index contributed by atoms with van der Waals surface area (Å²) in [4.78, 5) is 7.56. The Bertz CT molecular complexity index is 894. The normalized spacial score (nSPS) is 11.0. The molecule has 0 spiro atoms. The molecule has 0 amide bonds. The fourth-order valence-electron chi connectivity index (χ4n) is 2.01. The van der Waals surface area contributed by atoms with Crippen LogP contribution in [0.2, 0.25) is 10.3 Å². The van der Waals surface area contributed by atoms with Crippen LogP contribution < -0.4 is 4.74 Å². The molecule has 0 aliphatic heterocycles. The molecule has 0 bridgehead atoms. The van der Waals surface area contributed by atoms with Gasteiger partial charge in [0.1, 0.15) is 17.5 Å². The Morgan fingerprint density at radius 3 is 2.43 bits per heavy atom. The minimum atomic E-state index is -0.880. The van der Waals surface area contributed by atoms with Gasteiger partial charge in [0.05, 0.1) is 9.50 Å². The van der Waals surface area contributed by atoms with Gasteiger partial charge in [-0.3, -0.25) is 0 Å². The van der Waals surface area contributed by atoms with Gasteiger partial charge in [0.15, 0.2) is 11.6 Å². The van der Waals surface area contributed by atoms with Crippen LogP contribution in [0, 0.1) is 11.6 Å². The molecule has 1 heterocycles. The fraction of sp³-hybridized carbons (Fsp3) is 0.0667. The number of aromatic nitrogens is 2. The predicted molar refractivity (Wildman–Crippen MR) is 87.9 cm³/mol. The maximum Gasteiger partial charge on any atom is 0.229 e. The van der Waals surface area contributed by atoms with Crippen molar-refractivity contribution in [2.75, 3.05) is 0 Å². The standard InChI is InChI=1S/C15H7BrCl2F2N2O/c16-9-10(17)11(19)8-13(12(9)20)21-15(18)22-14(8)23-6-7-4-2-1-3-5-7/h1-5H,6H2. The Balaban J connectivity index is 2.13. The number of benzene rings is 2. The smallest absolute Gasteiger partial charge is 0.229 e. The first-order valence-corrected chi connectivity index (χ1v) is 7.90. The van der Waals surface area contributed by atoms with Crippen LogP contribution in [0.4, 0.5) is 8.78 Å². The summed E-state index contributed by atoms with van der Waals surface area (Å²) in [6.07, 6.45) is 0. The van der Waals surface area contributed by atoms with Crippen molar-refractivity contribution in [3.05, 3.63) is 62.3 Å². The molecule has 0 atom stereocenters. The van der Waals surface area contributed by atoms with Crippen molar-refractivity contribution in [2.24, 2.45) is 0 Å². The van der Waals surface area contributed by atoms with Crippen LogP contribution >= 0.6 is 39.1 Å². The third-order valence-electron chi connectivity index (χ3n) is 3.07. The van der Waals surface area contributed by atoms with Crippen molar-refractivity contribution in [1.82, 2.24) is 9.97 Å². The zero-order chi connectivity index (χ0) is 16.6. The van der Waals surface area contributed by atoms with Crippen molar-refractivity contribution in [3.8, 4) is 5.88 Å². The van der Waals surface area contributed by atoms with Gasteiger partial charge in [-0.05, 0) is 33.1 Å². The van der Waals surface area contributed by atoms with Crippen molar-refractivity contribution < 1.29 is 13.5 Å². The van der Waals surface area contributed by atoms with Gasteiger partial charge in [0.2, 0.25) is 11.2 Å². The third-order valence-corrected chi connectivity index (χ3v) is 4.57. The fourth-order valence-corrected chi connectivity index (χ4v) is 2.71. The second-order valence-electron chi connectivity index (χ2n) is 4.55. The zero-order valence-electron chi connectivity index (χ0n) is 11.3. The molecule has 3 aromatic rings. The van der Waals surface area contributed by atoms with E-state index in [2.05, 4.69) is 25.9 Å². The Kier molecular flexibility index (Phi) is 4.66. The number of nitrogens with zero attached hydrogens (tertiary/aromatic N) is 2. The molecule has 0 radical (unpaired) electrons. The lowest BCUT2D eigenvalue weighted by molar-refractivity contribution is 0.296. The summed E-state index contributed by atoms with van der Waals surface area (Å²) in [5.41, 5.74) is 0.529. The summed E-state index contributed by atoms with van der Waals surface area (Å²) < 4.78 is 34.0. The highest BCUT2D eigenvalue weighted by molar-refractivity contribution is 9.10. The van der Waals surface area contributed by atoms with E-state index < -0.39 is 16.7 Å². The summed E-state index contributed by atoms with van der Waals surface area (Å²) in [6, 6.07) is 9.17. The van der Waals surface area contributed by atoms with Crippen LogP contribution in [-0.4, -0.2) is 9.97 Å². The SMILES string of the molecule is Fc1c(Br)c(Cl)c(F)c2c(OCc3ccccc3)nc(Cl)nc12. The summed E-state index contributed by atoms with van der Waals surface area (Å²) in [5.74, 6) is -1.88. The second kappa shape index (κ2) is 6.55. The topological polar surface area (TPSA) is 35.0 Å². The Morgan fingerprint density at radius 2 is 1.74 bits per heavy atom. The van der Waals surface area contributed by atoms with E-state index in [1.54, 1.807) is 0 Å². The average Bonchev–Trinajstić information content (AvgIpc) is 2.56. The van der Waals surface area contributed by atoms with Crippen LogP contribution in [0.3, 0.4) is 0 Å². The van der Waals surface area contributed by atoms with Crippen LogP contribution in [0.1, 0.15) is 5.56 Å². The quantitative estimate of drug-likeness (QED) is 0.317. The summed E-state index contributed by atoms with van der Waals surface area (Å²) in [6.45, 7) is 0.109. The number of rotatable bonds is 3. The maximum absolute atomic E-state index is 14.4. The van der Waals surface area contributed by atoms with E-state index in [1.165, 1.54) is 0 Å². The highest BCUT2D eigenvalue weighted by Gasteiger charge is 2.23. The highest BCUT2D eigenvalue weighted by Crippen LogP contribution is 2.38. The molecule has 0 fully saturated rings. The first kappa shape index (κ1) is 16.4. The molecule has 8 heteroatoms. The lowest BCUT2D eigenvalue weighted by atomic mass is 10.2. The van der Waals surface area contributed by atoms with Crippen LogP contribution in [0.25, 0.3) is 10.9 Å². The zero-order valence-corrected chi connectivity index (χ0v) is 14.4. The van der Waals surface area contributed by atoms with Crippen LogP contribution in [-0.2, 0) is 6.61 Å². The molecule has 0 unspecified atom stereocenters. The number of hydrogen-bond acceptors (Lipinski definition) is 3. The van der Waals surface area contributed by atoms with Crippen LogP contribution in [0.5, 0.6) is 5.88 Å². The molecule has 2 aromatic carbocycles. The van der Waals surface area contributed by atoms with Crippen molar-refractivity contribution >= 4 is 50.0 Å². The van der Waals surface area contributed by atoms with E-state index in [1.807, 2.05) is 30.3 Å². The first-order chi connectivity index (χ1) is 11.0. The predicted octanol–water partition coefficient (Wildman–Crippen LogP) is 5.56. The van der Waals surface area contributed by atoms with Gasteiger partial charge in [-0.15, -0.1) is 0 Å². The Labute approximate surface area is 148 Å². The molecular formula is C15H7BrCl2F2N2O. The van der Waals surface area contributed by atoms with Gasteiger partial charge >= 0.3 is 0 Å². The highest BCUT2D eigenvalue weighted by atomic mass is 79.9. The van der Waals surface area contributed by atoms with Crippen molar-refractivity contribution in [2.45, 2.75) is 6.61 Å². The van der Waals surface area contributed by atoms with Gasteiger partial charge in [-0.2, -0.15) is 4.98 Å². The van der Waals surface area contributed by atoms with Gasteiger partial charge in [0, 0.05) is 0 Å². The molecule has 3 rings (SSSR count). The molecule has 3 nitrogen and oxygen atoms in total. The number of hydrogen-bond donors (Lipinski definition) is 0. The monoisotopic (exact) mass is 418 g/mol. The molecule has 0 aliphatic carbocycles. The van der Waals surface area contributed by atoms with E-state index in [4.69, 9.17) is 27.9 Å². The molecule has 118 valence electrons. The van der Waals surface area contributed by atoms with Crippen molar-refractivity contribution in [3.63, 3.8) is 0 Å². The van der Waals surface area contributed by atoms with Crippen molar-refractivity contribution in [1.29, 1.82) is 0 Å². The first-order valence-electron chi connectivity index (χ1n) is 6.35.